The molecular formula is C17H24FNOS. The summed E-state index contributed by atoms with van der Waals surface area (Å²) in [5, 5.41) is -0.247. The Balaban J connectivity index is 2.01. The van der Waals surface area contributed by atoms with Crippen molar-refractivity contribution in [1.29, 1.82) is 0 Å². The number of hydrogen-bond donors (Lipinski definition) is 0. The van der Waals surface area contributed by atoms with E-state index >= 15 is 0 Å². The predicted molar refractivity (Wildman–Crippen MR) is 86.0 cm³/mol. The van der Waals surface area contributed by atoms with Crippen LogP contribution >= 0.6 is 11.8 Å². The van der Waals surface area contributed by atoms with Crippen LogP contribution in [0.2, 0.25) is 0 Å². The minimum Gasteiger partial charge on any atom is -0.339 e. The zero-order valence-electron chi connectivity index (χ0n) is 12.8. The van der Waals surface area contributed by atoms with E-state index in [0.717, 1.165) is 19.4 Å². The van der Waals surface area contributed by atoms with E-state index in [1.54, 1.807) is 18.2 Å². The normalized spacial score (nSPS) is 17.5. The Labute approximate surface area is 131 Å². The van der Waals surface area contributed by atoms with Crippen LogP contribution in [0.3, 0.4) is 0 Å². The molecule has 0 heterocycles. The summed E-state index contributed by atoms with van der Waals surface area (Å²) in [6, 6.07) is 7.03. The average Bonchev–Trinajstić information content (AvgIpc) is 2.51. The summed E-state index contributed by atoms with van der Waals surface area (Å²) in [6.45, 7) is 4.66. The number of rotatable bonds is 5. The minimum atomic E-state index is -0.247. The molecule has 0 bridgehead atoms. The number of carbonyl (C=O) groups is 1. The van der Waals surface area contributed by atoms with Crippen molar-refractivity contribution in [2.75, 3.05) is 6.54 Å². The Hall–Kier alpha value is -1.03. The summed E-state index contributed by atoms with van der Waals surface area (Å²) >= 11 is 1.32. The Morgan fingerprint density at radius 3 is 2.62 bits per heavy atom. The first kappa shape index (κ1) is 16.3. The summed E-state index contributed by atoms with van der Waals surface area (Å²) in [7, 11) is 0. The molecule has 1 fully saturated rings. The van der Waals surface area contributed by atoms with Gasteiger partial charge in [-0.1, -0.05) is 31.4 Å². The number of thioether (sulfide) groups is 1. The lowest BCUT2D eigenvalue weighted by molar-refractivity contribution is -0.133. The number of hydrogen-bond acceptors (Lipinski definition) is 2. The van der Waals surface area contributed by atoms with Gasteiger partial charge in [0.25, 0.3) is 0 Å². The van der Waals surface area contributed by atoms with Gasteiger partial charge in [-0.15, -0.1) is 11.8 Å². The molecule has 1 aliphatic carbocycles. The average molecular weight is 309 g/mol. The van der Waals surface area contributed by atoms with Crippen LogP contribution in [0.15, 0.2) is 29.2 Å². The highest BCUT2D eigenvalue weighted by Crippen LogP contribution is 2.29. The first-order valence-corrected chi connectivity index (χ1v) is 8.73. The molecule has 0 spiro atoms. The van der Waals surface area contributed by atoms with Crippen LogP contribution in [0.1, 0.15) is 46.0 Å². The molecule has 0 aromatic heterocycles. The highest BCUT2D eigenvalue weighted by atomic mass is 32.2. The van der Waals surface area contributed by atoms with Crippen LogP contribution in [0.4, 0.5) is 4.39 Å². The fourth-order valence-corrected chi connectivity index (χ4v) is 3.96. The molecule has 2 nitrogen and oxygen atoms in total. The highest BCUT2D eigenvalue weighted by molar-refractivity contribution is 8.00. The molecule has 1 atom stereocenters. The Morgan fingerprint density at radius 1 is 1.33 bits per heavy atom. The van der Waals surface area contributed by atoms with E-state index in [1.165, 1.54) is 37.1 Å². The van der Waals surface area contributed by atoms with Crippen LogP contribution in [0.25, 0.3) is 0 Å². The van der Waals surface area contributed by atoms with Crippen molar-refractivity contribution in [1.82, 2.24) is 4.90 Å². The van der Waals surface area contributed by atoms with Crippen molar-refractivity contribution < 1.29 is 9.18 Å². The van der Waals surface area contributed by atoms with Crippen molar-refractivity contribution in [2.24, 2.45) is 0 Å². The van der Waals surface area contributed by atoms with E-state index in [1.807, 2.05) is 18.7 Å². The van der Waals surface area contributed by atoms with Crippen molar-refractivity contribution in [2.45, 2.75) is 62.1 Å². The maximum absolute atomic E-state index is 13.7. The third-order valence-electron chi connectivity index (χ3n) is 4.13. The Morgan fingerprint density at radius 2 is 2.00 bits per heavy atom. The third-order valence-corrected chi connectivity index (χ3v) is 5.27. The second-order valence-electron chi connectivity index (χ2n) is 5.61. The fraction of sp³-hybridized carbons (Fsp3) is 0.588. The van der Waals surface area contributed by atoms with Gasteiger partial charge in [-0.2, -0.15) is 0 Å². The molecule has 4 heteroatoms. The van der Waals surface area contributed by atoms with Crippen LogP contribution in [-0.4, -0.2) is 28.6 Å². The van der Waals surface area contributed by atoms with Gasteiger partial charge in [0, 0.05) is 17.5 Å². The van der Waals surface area contributed by atoms with Gasteiger partial charge in [0.05, 0.1) is 5.25 Å². The van der Waals surface area contributed by atoms with Gasteiger partial charge < -0.3 is 4.90 Å². The van der Waals surface area contributed by atoms with Gasteiger partial charge in [0.1, 0.15) is 5.82 Å². The van der Waals surface area contributed by atoms with Crippen molar-refractivity contribution in [3.63, 3.8) is 0 Å². The third kappa shape index (κ3) is 4.22. The monoisotopic (exact) mass is 309 g/mol. The molecule has 116 valence electrons. The van der Waals surface area contributed by atoms with E-state index in [-0.39, 0.29) is 17.0 Å². The molecule has 1 aliphatic rings. The Kier molecular flexibility index (Phi) is 6.09. The Bertz CT molecular complexity index is 474. The van der Waals surface area contributed by atoms with E-state index in [4.69, 9.17) is 0 Å². The summed E-state index contributed by atoms with van der Waals surface area (Å²) in [5.41, 5.74) is 0. The van der Waals surface area contributed by atoms with Crippen molar-refractivity contribution in [3.05, 3.63) is 30.1 Å². The van der Waals surface area contributed by atoms with E-state index < -0.39 is 0 Å². The molecule has 1 aromatic carbocycles. The summed E-state index contributed by atoms with van der Waals surface area (Å²) < 4.78 is 13.7. The lowest BCUT2D eigenvalue weighted by Gasteiger charge is -2.35. The molecule has 0 radical (unpaired) electrons. The van der Waals surface area contributed by atoms with Gasteiger partial charge in [-0.3, -0.25) is 4.79 Å². The standard InChI is InChI=1S/C17H24FNOS/c1-3-19(14-9-5-4-6-10-14)17(20)13(2)21-16-12-8-7-11-15(16)18/h7-8,11-14H,3-6,9-10H2,1-2H3. The van der Waals surface area contributed by atoms with Crippen molar-refractivity contribution in [3.8, 4) is 0 Å². The smallest absolute Gasteiger partial charge is 0.236 e. The van der Waals surface area contributed by atoms with Crippen LogP contribution in [0, 0.1) is 5.82 Å². The predicted octanol–water partition coefficient (Wildman–Crippen LogP) is 4.49. The number of benzene rings is 1. The highest BCUT2D eigenvalue weighted by Gasteiger charge is 2.28. The number of amides is 1. The van der Waals surface area contributed by atoms with Crippen LogP contribution in [0.5, 0.6) is 0 Å². The first-order chi connectivity index (χ1) is 10.1. The summed E-state index contributed by atoms with van der Waals surface area (Å²) in [5.74, 6) is -0.111. The minimum absolute atomic E-state index is 0.137. The topological polar surface area (TPSA) is 20.3 Å². The number of carbonyl (C=O) groups excluding carboxylic acids is 1. The van der Waals surface area contributed by atoms with Gasteiger partial charge >= 0.3 is 0 Å². The molecule has 1 amide bonds. The maximum Gasteiger partial charge on any atom is 0.236 e. The molecule has 0 N–H and O–H groups in total. The van der Waals surface area contributed by atoms with Gasteiger partial charge in [0.2, 0.25) is 5.91 Å². The fourth-order valence-electron chi connectivity index (χ4n) is 3.00. The molecule has 0 aliphatic heterocycles. The zero-order valence-corrected chi connectivity index (χ0v) is 13.7. The second kappa shape index (κ2) is 7.83. The molecule has 2 rings (SSSR count). The van der Waals surface area contributed by atoms with Gasteiger partial charge in [-0.05, 0) is 38.8 Å². The second-order valence-corrected chi connectivity index (χ2v) is 6.99. The van der Waals surface area contributed by atoms with Gasteiger partial charge in [0.15, 0.2) is 0 Å². The summed E-state index contributed by atoms with van der Waals surface area (Å²) in [4.78, 5) is 15.2. The lowest BCUT2D eigenvalue weighted by Crippen LogP contribution is -2.44. The molecule has 0 saturated heterocycles. The molecule has 1 saturated carbocycles. The maximum atomic E-state index is 13.7. The van der Waals surface area contributed by atoms with Gasteiger partial charge in [-0.25, -0.2) is 4.39 Å². The van der Waals surface area contributed by atoms with E-state index in [9.17, 15) is 9.18 Å². The van der Waals surface area contributed by atoms with Crippen LogP contribution in [-0.2, 0) is 4.79 Å². The molecule has 1 aromatic rings. The molecule has 1 unspecified atom stereocenters. The molecular weight excluding hydrogens is 285 g/mol. The summed E-state index contributed by atoms with van der Waals surface area (Å²) in [6.07, 6.45) is 5.92. The van der Waals surface area contributed by atoms with E-state index in [0.29, 0.717) is 10.9 Å². The molecule has 21 heavy (non-hydrogen) atoms. The first-order valence-electron chi connectivity index (χ1n) is 7.85. The number of halogens is 1. The number of nitrogens with zero attached hydrogens (tertiary/aromatic N) is 1. The van der Waals surface area contributed by atoms with Crippen molar-refractivity contribution >= 4 is 17.7 Å². The quantitative estimate of drug-likeness (QED) is 0.747. The van der Waals surface area contributed by atoms with Crippen LogP contribution < -0.4 is 0 Å². The van der Waals surface area contributed by atoms with E-state index in [2.05, 4.69) is 0 Å². The largest absolute Gasteiger partial charge is 0.339 e. The zero-order chi connectivity index (χ0) is 15.2. The lowest BCUT2D eigenvalue weighted by atomic mass is 9.94. The SMILES string of the molecule is CCN(C(=O)C(C)Sc1ccccc1F)C1CCCCC1.